The molecule has 1 fully saturated rings. The molecular weight excluding hydrogens is 384 g/mol. The highest BCUT2D eigenvalue weighted by atomic mass is 16.3. The van der Waals surface area contributed by atoms with Crippen molar-refractivity contribution >= 4 is 24.3 Å². The van der Waals surface area contributed by atoms with Crippen LogP contribution in [0.15, 0.2) is 41.6 Å². The Labute approximate surface area is 177 Å². The first-order chi connectivity index (χ1) is 14.5. The number of nitrogens with zero attached hydrogens (tertiary/aromatic N) is 3. The fourth-order valence-corrected chi connectivity index (χ4v) is 3.02. The van der Waals surface area contributed by atoms with E-state index in [1.807, 2.05) is 19.3 Å². The van der Waals surface area contributed by atoms with Gasteiger partial charge < -0.3 is 19.9 Å². The third kappa shape index (κ3) is 8.46. The molecule has 0 spiro atoms. The fraction of sp³-hybridized carbons (Fsp3) is 0.455. The predicted octanol–water partition coefficient (Wildman–Crippen LogP) is 3.33. The molecule has 0 unspecified atom stereocenters. The van der Waals surface area contributed by atoms with Crippen molar-refractivity contribution in [3.05, 3.63) is 52.7 Å². The SMILES string of the molecule is CC(C)c1cncc(N2CCCCC2)c1.CCn1cc(NC=O)ccc1=O.O=CO. The first-order valence-corrected chi connectivity index (χ1v) is 10.1. The van der Waals surface area contributed by atoms with Crippen LogP contribution >= 0.6 is 0 Å². The lowest BCUT2D eigenvalue weighted by molar-refractivity contribution is -0.122. The van der Waals surface area contributed by atoms with Gasteiger partial charge in [0.2, 0.25) is 6.41 Å². The van der Waals surface area contributed by atoms with Crippen LogP contribution in [0.4, 0.5) is 11.4 Å². The van der Waals surface area contributed by atoms with Crippen LogP contribution < -0.4 is 15.8 Å². The van der Waals surface area contributed by atoms with E-state index in [4.69, 9.17) is 9.90 Å². The monoisotopic (exact) mass is 416 g/mol. The molecule has 2 aromatic rings. The van der Waals surface area contributed by atoms with Crippen molar-refractivity contribution in [2.24, 2.45) is 0 Å². The van der Waals surface area contributed by atoms with E-state index in [0.717, 1.165) is 0 Å². The average molecular weight is 417 g/mol. The second-order valence-corrected chi connectivity index (χ2v) is 7.09. The van der Waals surface area contributed by atoms with Crippen molar-refractivity contribution in [3.8, 4) is 0 Å². The van der Waals surface area contributed by atoms with E-state index in [2.05, 4.69) is 35.1 Å². The van der Waals surface area contributed by atoms with Gasteiger partial charge in [-0.1, -0.05) is 13.8 Å². The molecule has 3 rings (SSSR count). The number of carbonyl (C=O) groups is 2. The maximum Gasteiger partial charge on any atom is 0.290 e. The number of rotatable bonds is 5. The van der Waals surface area contributed by atoms with Crippen molar-refractivity contribution in [1.29, 1.82) is 0 Å². The van der Waals surface area contributed by atoms with Crippen LogP contribution in [-0.4, -0.2) is 40.6 Å². The number of piperidine rings is 1. The second-order valence-electron chi connectivity index (χ2n) is 7.09. The Morgan fingerprint density at radius 1 is 1.17 bits per heavy atom. The number of carboxylic acid groups (broad SMARTS) is 1. The van der Waals surface area contributed by atoms with Gasteiger partial charge in [0.05, 0.1) is 17.6 Å². The van der Waals surface area contributed by atoms with Crippen molar-refractivity contribution in [2.75, 3.05) is 23.3 Å². The molecule has 30 heavy (non-hydrogen) atoms. The molecule has 0 atom stereocenters. The van der Waals surface area contributed by atoms with E-state index >= 15 is 0 Å². The number of carbonyl (C=O) groups excluding carboxylic acids is 1. The topological polar surface area (TPSA) is 105 Å². The maximum absolute atomic E-state index is 11.1. The van der Waals surface area contributed by atoms with E-state index in [-0.39, 0.29) is 12.0 Å². The van der Waals surface area contributed by atoms with Gasteiger partial charge in [-0.15, -0.1) is 0 Å². The summed E-state index contributed by atoms with van der Waals surface area (Å²) >= 11 is 0. The summed E-state index contributed by atoms with van der Waals surface area (Å²) in [5.74, 6) is 0.572. The minimum absolute atomic E-state index is 0.0612. The standard InChI is InChI=1S/C13H20N2.C8H10N2O2.CH2O2/c1-11(2)12-8-13(10-14-9-12)15-6-4-3-5-7-15;1-2-10-5-7(9-6-11)3-4-8(10)12;2-1-3/h8-11H,3-7H2,1-2H3;3-6H,2H2,1H3,(H,9,11);1H,(H,2,3). The van der Waals surface area contributed by atoms with E-state index < -0.39 is 0 Å². The summed E-state index contributed by atoms with van der Waals surface area (Å²) < 4.78 is 1.52. The molecular formula is C22H32N4O4. The molecule has 1 saturated heterocycles. The summed E-state index contributed by atoms with van der Waals surface area (Å²) in [6.45, 7) is 9.06. The highest BCUT2D eigenvalue weighted by molar-refractivity contribution is 5.70. The van der Waals surface area contributed by atoms with Gasteiger partial charge in [-0.2, -0.15) is 0 Å². The van der Waals surface area contributed by atoms with Crippen LogP contribution in [0.5, 0.6) is 0 Å². The Kier molecular flexibility index (Phi) is 11.5. The lowest BCUT2D eigenvalue weighted by atomic mass is 10.0. The fourth-order valence-electron chi connectivity index (χ4n) is 3.02. The van der Waals surface area contributed by atoms with Crippen LogP contribution in [0.2, 0.25) is 0 Å². The Bertz CT molecular complexity index is 830. The van der Waals surface area contributed by atoms with Gasteiger partial charge in [-0.3, -0.25) is 19.4 Å². The summed E-state index contributed by atoms with van der Waals surface area (Å²) in [5, 5.41) is 9.36. The molecule has 1 amide bonds. The molecule has 8 nitrogen and oxygen atoms in total. The first kappa shape index (κ1) is 24.9. The van der Waals surface area contributed by atoms with Gasteiger partial charge in [0, 0.05) is 38.1 Å². The predicted molar refractivity (Wildman–Crippen MR) is 119 cm³/mol. The summed E-state index contributed by atoms with van der Waals surface area (Å²) in [7, 11) is 0. The third-order valence-electron chi connectivity index (χ3n) is 4.68. The van der Waals surface area contributed by atoms with Crippen LogP contribution in [0.25, 0.3) is 0 Å². The zero-order valence-corrected chi connectivity index (χ0v) is 18.0. The van der Waals surface area contributed by atoms with Gasteiger partial charge in [0.1, 0.15) is 0 Å². The maximum atomic E-state index is 11.1. The van der Waals surface area contributed by atoms with Gasteiger partial charge in [-0.25, -0.2) is 0 Å². The normalized spacial score (nSPS) is 12.7. The van der Waals surface area contributed by atoms with E-state index in [0.29, 0.717) is 24.6 Å². The quantitative estimate of drug-likeness (QED) is 0.725. The van der Waals surface area contributed by atoms with Crippen molar-refractivity contribution in [3.63, 3.8) is 0 Å². The minimum atomic E-state index is -0.250. The van der Waals surface area contributed by atoms with Crippen LogP contribution in [0.3, 0.4) is 0 Å². The molecule has 1 aliphatic heterocycles. The number of aryl methyl sites for hydroxylation is 1. The molecule has 0 saturated carbocycles. The largest absolute Gasteiger partial charge is 0.483 e. The van der Waals surface area contributed by atoms with Crippen molar-refractivity contribution in [1.82, 2.24) is 9.55 Å². The first-order valence-electron chi connectivity index (χ1n) is 10.1. The molecule has 0 radical (unpaired) electrons. The van der Waals surface area contributed by atoms with Gasteiger partial charge in [-0.05, 0) is 49.8 Å². The van der Waals surface area contributed by atoms with E-state index in [1.165, 1.54) is 54.2 Å². The number of hydrogen-bond acceptors (Lipinski definition) is 5. The summed E-state index contributed by atoms with van der Waals surface area (Å²) in [4.78, 5) is 36.3. The minimum Gasteiger partial charge on any atom is -0.483 e. The zero-order chi connectivity index (χ0) is 22.4. The van der Waals surface area contributed by atoms with Gasteiger partial charge in [0.25, 0.3) is 12.0 Å². The number of amides is 1. The Morgan fingerprint density at radius 2 is 1.83 bits per heavy atom. The Balaban J connectivity index is 0.000000271. The Hall–Kier alpha value is -3.16. The number of nitrogens with one attached hydrogen (secondary N) is 1. The summed E-state index contributed by atoms with van der Waals surface area (Å²) in [6, 6.07) is 5.29. The highest BCUT2D eigenvalue weighted by Crippen LogP contribution is 2.22. The van der Waals surface area contributed by atoms with Crippen molar-refractivity contribution in [2.45, 2.75) is 52.5 Å². The van der Waals surface area contributed by atoms with Crippen LogP contribution in [0, 0.1) is 0 Å². The van der Waals surface area contributed by atoms with Crippen LogP contribution in [-0.2, 0) is 16.1 Å². The van der Waals surface area contributed by atoms with Crippen LogP contribution in [0.1, 0.15) is 51.5 Å². The highest BCUT2D eigenvalue weighted by Gasteiger charge is 2.12. The average Bonchev–Trinajstić information content (AvgIpc) is 2.77. The zero-order valence-electron chi connectivity index (χ0n) is 18.0. The molecule has 1 aliphatic rings. The number of anilines is 2. The van der Waals surface area contributed by atoms with Gasteiger partial charge in [0.15, 0.2) is 0 Å². The van der Waals surface area contributed by atoms with Gasteiger partial charge >= 0.3 is 0 Å². The second kappa shape index (κ2) is 13.9. The third-order valence-corrected chi connectivity index (χ3v) is 4.68. The number of hydrogen-bond donors (Lipinski definition) is 2. The molecule has 3 heterocycles. The Morgan fingerprint density at radius 3 is 2.40 bits per heavy atom. The molecule has 0 bridgehead atoms. The van der Waals surface area contributed by atoms with E-state index in [1.54, 1.807) is 12.3 Å². The van der Waals surface area contributed by atoms with Crippen molar-refractivity contribution < 1.29 is 14.7 Å². The number of aromatic nitrogens is 2. The summed E-state index contributed by atoms with van der Waals surface area (Å²) in [5.41, 5.74) is 3.22. The molecule has 2 N–H and O–H groups in total. The molecule has 2 aromatic heterocycles. The smallest absolute Gasteiger partial charge is 0.290 e. The lowest BCUT2D eigenvalue weighted by Gasteiger charge is -2.28. The number of pyridine rings is 2. The molecule has 164 valence electrons. The molecule has 0 aliphatic carbocycles. The lowest BCUT2D eigenvalue weighted by Crippen LogP contribution is -2.29. The molecule has 0 aromatic carbocycles. The summed E-state index contributed by atoms with van der Waals surface area (Å²) in [6.07, 6.45) is 10.2. The molecule has 8 heteroatoms. The van der Waals surface area contributed by atoms with E-state index in [9.17, 15) is 9.59 Å².